The summed E-state index contributed by atoms with van der Waals surface area (Å²) in [7, 11) is 0. The van der Waals surface area contributed by atoms with E-state index in [0.29, 0.717) is 16.3 Å². The molecular formula is C9H5ClFNO. The maximum absolute atomic E-state index is 12.8. The van der Waals surface area contributed by atoms with Gasteiger partial charge in [-0.3, -0.25) is 0 Å². The van der Waals surface area contributed by atoms with Crippen LogP contribution in [0.4, 0.5) is 4.39 Å². The molecule has 0 aliphatic rings. The van der Waals surface area contributed by atoms with Crippen LogP contribution in [0.2, 0.25) is 5.02 Å². The Hall–Kier alpha value is -1.35. The normalized spacial score (nSPS) is 10.3. The third kappa shape index (κ3) is 1.55. The van der Waals surface area contributed by atoms with Crippen LogP contribution in [0.25, 0.3) is 11.3 Å². The van der Waals surface area contributed by atoms with Crippen LogP contribution in [0, 0.1) is 5.82 Å². The van der Waals surface area contributed by atoms with Gasteiger partial charge in [-0.2, -0.15) is 0 Å². The lowest BCUT2D eigenvalue weighted by atomic mass is 10.1. The second-order valence-corrected chi connectivity index (χ2v) is 2.92. The van der Waals surface area contributed by atoms with Crippen molar-refractivity contribution in [3.63, 3.8) is 0 Å². The number of rotatable bonds is 1. The second kappa shape index (κ2) is 3.18. The van der Waals surface area contributed by atoms with Crippen LogP contribution >= 0.6 is 11.6 Å². The first-order chi connectivity index (χ1) is 6.27. The Morgan fingerprint density at radius 1 is 1.31 bits per heavy atom. The van der Waals surface area contributed by atoms with Gasteiger partial charge in [0, 0.05) is 11.6 Å². The minimum Gasteiger partial charge on any atom is -0.364 e. The van der Waals surface area contributed by atoms with Gasteiger partial charge in [-0.1, -0.05) is 16.8 Å². The summed E-state index contributed by atoms with van der Waals surface area (Å²) >= 11 is 5.84. The average Bonchev–Trinajstić information content (AvgIpc) is 2.61. The van der Waals surface area contributed by atoms with Crippen LogP contribution in [0.15, 0.2) is 35.1 Å². The van der Waals surface area contributed by atoms with E-state index in [1.165, 1.54) is 24.5 Å². The van der Waals surface area contributed by atoms with Crippen LogP contribution in [-0.2, 0) is 0 Å². The lowest BCUT2D eigenvalue weighted by Gasteiger charge is -1.98. The Morgan fingerprint density at radius 3 is 2.85 bits per heavy atom. The molecule has 2 rings (SSSR count). The maximum atomic E-state index is 12.8. The van der Waals surface area contributed by atoms with Crippen molar-refractivity contribution in [3.05, 3.63) is 41.4 Å². The Bertz CT molecular complexity index is 414. The molecule has 13 heavy (non-hydrogen) atoms. The molecule has 0 fully saturated rings. The summed E-state index contributed by atoms with van der Waals surface area (Å²) in [6, 6.07) is 5.73. The van der Waals surface area contributed by atoms with Crippen molar-refractivity contribution in [2.24, 2.45) is 0 Å². The lowest BCUT2D eigenvalue weighted by molar-refractivity contribution is 0.422. The van der Waals surface area contributed by atoms with Gasteiger partial charge in [-0.25, -0.2) is 4.39 Å². The minimum absolute atomic E-state index is 0.345. The zero-order valence-electron chi connectivity index (χ0n) is 6.50. The van der Waals surface area contributed by atoms with E-state index in [2.05, 4.69) is 9.68 Å². The summed E-state index contributed by atoms with van der Waals surface area (Å²) in [5.41, 5.74) is 1.07. The molecule has 0 atom stereocenters. The predicted molar refractivity (Wildman–Crippen MR) is 46.9 cm³/mol. The fourth-order valence-electron chi connectivity index (χ4n) is 1.05. The largest absolute Gasteiger partial charge is 0.364 e. The molecule has 1 aromatic carbocycles. The zero-order valence-corrected chi connectivity index (χ0v) is 7.25. The van der Waals surface area contributed by atoms with E-state index in [4.69, 9.17) is 11.6 Å². The van der Waals surface area contributed by atoms with Gasteiger partial charge in [0.25, 0.3) is 0 Å². The van der Waals surface area contributed by atoms with E-state index in [-0.39, 0.29) is 5.82 Å². The van der Waals surface area contributed by atoms with Gasteiger partial charge >= 0.3 is 0 Å². The van der Waals surface area contributed by atoms with Crippen molar-refractivity contribution in [3.8, 4) is 11.3 Å². The van der Waals surface area contributed by atoms with Gasteiger partial charge in [0.05, 0.1) is 5.02 Å². The van der Waals surface area contributed by atoms with Crippen LogP contribution < -0.4 is 0 Å². The second-order valence-electron chi connectivity index (χ2n) is 2.51. The first kappa shape index (κ1) is 8.26. The average molecular weight is 198 g/mol. The molecule has 0 saturated carbocycles. The molecule has 2 nitrogen and oxygen atoms in total. The van der Waals surface area contributed by atoms with Gasteiger partial charge in [-0.15, -0.1) is 0 Å². The van der Waals surface area contributed by atoms with Crippen LogP contribution in [0.5, 0.6) is 0 Å². The molecule has 0 radical (unpaired) electrons. The molecule has 0 spiro atoms. The van der Waals surface area contributed by atoms with Crippen molar-refractivity contribution in [2.75, 3.05) is 0 Å². The van der Waals surface area contributed by atoms with Crippen molar-refractivity contribution in [2.45, 2.75) is 0 Å². The molecule has 0 amide bonds. The molecule has 0 bridgehead atoms. The van der Waals surface area contributed by atoms with Crippen molar-refractivity contribution in [1.29, 1.82) is 0 Å². The zero-order chi connectivity index (χ0) is 9.26. The van der Waals surface area contributed by atoms with E-state index >= 15 is 0 Å². The van der Waals surface area contributed by atoms with E-state index in [9.17, 15) is 4.39 Å². The topological polar surface area (TPSA) is 26.0 Å². The summed E-state index contributed by atoms with van der Waals surface area (Å²) in [4.78, 5) is 0. The van der Waals surface area contributed by atoms with E-state index in [1.54, 1.807) is 6.07 Å². The summed E-state index contributed by atoms with van der Waals surface area (Å²) in [5.74, 6) is -0.345. The quantitative estimate of drug-likeness (QED) is 0.702. The van der Waals surface area contributed by atoms with Crippen LogP contribution in [0.1, 0.15) is 0 Å². The molecule has 2 aromatic rings. The monoisotopic (exact) mass is 197 g/mol. The van der Waals surface area contributed by atoms with Crippen LogP contribution in [-0.4, -0.2) is 5.16 Å². The molecule has 0 N–H and O–H groups in total. The van der Waals surface area contributed by atoms with Crippen molar-refractivity contribution < 1.29 is 8.91 Å². The lowest BCUT2D eigenvalue weighted by Crippen LogP contribution is -1.81. The summed E-state index contributed by atoms with van der Waals surface area (Å²) in [6.45, 7) is 0. The highest BCUT2D eigenvalue weighted by Crippen LogP contribution is 2.26. The first-order valence-electron chi connectivity index (χ1n) is 3.63. The van der Waals surface area contributed by atoms with Gasteiger partial charge in [-0.05, 0) is 18.2 Å². The fourth-order valence-corrected chi connectivity index (χ4v) is 1.26. The SMILES string of the molecule is Fc1ccc(Cl)c(-c2ccon2)c1. The Morgan fingerprint density at radius 2 is 2.15 bits per heavy atom. The fraction of sp³-hybridized carbons (Fsp3) is 0. The first-order valence-corrected chi connectivity index (χ1v) is 4.01. The molecule has 4 heteroatoms. The number of halogens is 2. The van der Waals surface area contributed by atoms with Crippen molar-refractivity contribution in [1.82, 2.24) is 5.16 Å². The number of hydrogen-bond donors (Lipinski definition) is 0. The summed E-state index contributed by atoms with van der Waals surface area (Å²) in [5, 5.41) is 4.12. The van der Waals surface area contributed by atoms with Gasteiger partial charge in [0.2, 0.25) is 0 Å². The summed E-state index contributed by atoms with van der Waals surface area (Å²) in [6.07, 6.45) is 1.41. The van der Waals surface area contributed by atoms with E-state index in [0.717, 1.165) is 0 Å². The molecule has 1 heterocycles. The van der Waals surface area contributed by atoms with E-state index in [1.807, 2.05) is 0 Å². The highest BCUT2D eigenvalue weighted by Gasteiger charge is 2.06. The molecule has 0 aliphatic carbocycles. The predicted octanol–water partition coefficient (Wildman–Crippen LogP) is 3.13. The minimum atomic E-state index is -0.345. The summed E-state index contributed by atoms with van der Waals surface area (Å²) < 4.78 is 17.5. The Balaban J connectivity index is 2.57. The third-order valence-electron chi connectivity index (χ3n) is 1.64. The standard InChI is InChI=1S/C9H5ClFNO/c10-8-2-1-6(11)5-7(8)9-3-4-13-12-9/h1-5H. The number of benzene rings is 1. The number of nitrogens with zero attached hydrogens (tertiary/aromatic N) is 1. The maximum Gasteiger partial charge on any atom is 0.124 e. The molecule has 66 valence electrons. The number of aromatic nitrogens is 1. The smallest absolute Gasteiger partial charge is 0.124 e. The van der Waals surface area contributed by atoms with Gasteiger partial charge in [0.15, 0.2) is 0 Å². The molecule has 0 aliphatic heterocycles. The Kier molecular flexibility index (Phi) is 2.02. The van der Waals surface area contributed by atoms with E-state index < -0.39 is 0 Å². The van der Waals surface area contributed by atoms with Gasteiger partial charge in [0.1, 0.15) is 17.8 Å². The highest BCUT2D eigenvalue weighted by atomic mass is 35.5. The van der Waals surface area contributed by atoms with Gasteiger partial charge < -0.3 is 4.52 Å². The van der Waals surface area contributed by atoms with Crippen LogP contribution in [0.3, 0.4) is 0 Å². The highest BCUT2D eigenvalue weighted by molar-refractivity contribution is 6.33. The molecule has 1 aromatic heterocycles. The van der Waals surface area contributed by atoms with Crippen molar-refractivity contribution >= 4 is 11.6 Å². The molecule has 0 unspecified atom stereocenters. The Labute approximate surface area is 78.9 Å². The third-order valence-corrected chi connectivity index (χ3v) is 1.97. The molecular weight excluding hydrogens is 193 g/mol. The molecule has 0 saturated heterocycles. The number of hydrogen-bond acceptors (Lipinski definition) is 2.